The van der Waals surface area contributed by atoms with Gasteiger partial charge in [-0.25, -0.2) is 0 Å². The molecule has 0 heterocycles. The van der Waals surface area contributed by atoms with Gasteiger partial charge in [0.15, 0.2) is 0 Å². The number of nitriles is 1. The topological polar surface area (TPSA) is 65.3 Å². The summed E-state index contributed by atoms with van der Waals surface area (Å²) in [6.45, 7) is 0.687. The Morgan fingerprint density at radius 3 is 2.84 bits per heavy atom. The fraction of sp³-hybridized carbons (Fsp3) is 0.400. The maximum absolute atomic E-state index is 9.84. The average molecular weight is 258 g/mol. The first-order chi connectivity index (χ1) is 9.29. The third kappa shape index (κ3) is 4.09. The highest BCUT2D eigenvalue weighted by molar-refractivity contribution is 5.42. The minimum Gasteiger partial charge on any atom is -0.489 e. The fourth-order valence-electron chi connectivity index (χ4n) is 2.02. The molecule has 1 aliphatic carbocycles. The van der Waals surface area contributed by atoms with Crippen molar-refractivity contribution in [1.29, 1.82) is 5.26 Å². The van der Waals surface area contributed by atoms with Gasteiger partial charge in [-0.3, -0.25) is 0 Å². The molecular weight excluding hydrogens is 240 g/mol. The third-order valence-electron chi connectivity index (χ3n) is 3.09. The SMILES string of the molecule is N#Cc1ccccc1OCC(O)CNC1CC=CC1. The van der Waals surface area contributed by atoms with Gasteiger partial charge in [-0.1, -0.05) is 24.3 Å². The van der Waals surface area contributed by atoms with Crippen molar-refractivity contribution in [3.05, 3.63) is 42.0 Å². The summed E-state index contributed by atoms with van der Waals surface area (Å²) in [5.41, 5.74) is 0.489. The van der Waals surface area contributed by atoms with Crippen LogP contribution in [0.15, 0.2) is 36.4 Å². The lowest BCUT2D eigenvalue weighted by atomic mass is 10.2. The Kier molecular flexibility index (Phi) is 4.96. The van der Waals surface area contributed by atoms with E-state index in [1.165, 1.54) is 0 Å². The zero-order chi connectivity index (χ0) is 13.5. The minimum absolute atomic E-state index is 0.186. The molecule has 0 aliphatic heterocycles. The van der Waals surface area contributed by atoms with E-state index in [4.69, 9.17) is 10.00 Å². The summed E-state index contributed by atoms with van der Waals surface area (Å²) >= 11 is 0. The Hall–Kier alpha value is -1.83. The average Bonchev–Trinajstić information content (AvgIpc) is 2.96. The molecule has 1 aliphatic rings. The molecule has 1 aromatic carbocycles. The Morgan fingerprint density at radius 1 is 1.37 bits per heavy atom. The highest BCUT2D eigenvalue weighted by atomic mass is 16.5. The minimum atomic E-state index is -0.577. The van der Waals surface area contributed by atoms with E-state index in [9.17, 15) is 5.11 Å². The molecular formula is C15H18N2O2. The van der Waals surface area contributed by atoms with Gasteiger partial charge in [-0.05, 0) is 25.0 Å². The van der Waals surface area contributed by atoms with Crippen molar-refractivity contribution in [3.8, 4) is 11.8 Å². The molecule has 19 heavy (non-hydrogen) atoms. The molecule has 0 spiro atoms. The molecule has 0 saturated carbocycles. The van der Waals surface area contributed by atoms with Gasteiger partial charge < -0.3 is 15.2 Å². The van der Waals surface area contributed by atoms with Gasteiger partial charge in [0.05, 0.1) is 5.56 Å². The van der Waals surface area contributed by atoms with Crippen LogP contribution in [0.1, 0.15) is 18.4 Å². The largest absolute Gasteiger partial charge is 0.489 e. The van der Waals surface area contributed by atoms with Gasteiger partial charge in [0.2, 0.25) is 0 Å². The van der Waals surface area contributed by atoms with Gasteiger partial charge >= 0.3 is 0 Å². The van der Waals surface area contributed by atoms with Crippen LogP contribution in [-0.2, 0) is 0 Å². The summed E-state index contributed by atoms with van der Waals surface area (Å²) in [4.78, 5) is 0. The summed E-state index contributed by atoms with van der Waals surface area (Å²) < 4.78 is 5.48. The zero-order valence-electron chi connectivity index (χ0n) is 10.7. The Bertz CT molecular complexity index is 471. The predicted molar refractivity (Wildman–Crippen MR) is 72.8 cm³/mol. The smallest absolute Gasteiger partial charge is 0.137 e. The standard InChI is InChI=1S/C15H18N2O2/c16-9-12-5-1-4-8-15(12)19-11-14(18)10-17-13-6-2-3-7-13/h1-5,8,13-14,17-18H,6-7,10-11H2. The number of nitrogens with one attached hydrogen (secondary N) is 1. The summed E-state index contributed by atoms with van der Waals surface area (Å²) in [7, 11) is 0. The van der Waals surface area contributed by atoms with Gasteiger partial charge in [-0.15, -0.1) is 0 Å². The van der Waals surface area contributed by atoms with E-state index >= 15 is 0 Å². The van der Waals surface area contributed by atoms with E-state index in [0.29, 0.717) is 23.9 Å². The molecule has 0 fully saturated rings. The summed E-state index contributed by atoms with van der Waals surface area (Å²) in [5, 5.41) is 22.1. The number of benzene rings is 1. The second-order valence-electron chi connectivity index (χ2n) is 4.62. The second kappa shape index (κ2) is 6.93. The number of aliphatic hydroxyl groups excluding tert-OH is 1. The lowest BCUT2D eigenvalue weighted by Crippen LogP contribution is -2.36. The summed E-state index contributed by atoms with van der Waals surface area (Å²) in [5.74, 6) is 0.520. The monoisotopic (exact) mass is 258 g/mol. The molecule has 4 nitrogen and oxygen atoms in total. The molecule has 0 radical (unpaired) electrons. The van der Waals surface area contributed by atoms with Crippen molar-refractivity contribution in [3.63, 3.8) is 0 Å². The fourth-order valence-corrected chi connectivity index (χ4v) is 2.02. The van der Waals surface area contributed by atoms with Crippen molar-refractivity contribution < 1.29 is 9.84 Å². The van der Waals surface area contributed by atoms with E-state index in [2.05, 4.69) is 23.5 Å². The molecule has 4 heteroatoms. The third-order valence-corrected chi connectivity index (χ3v) is 3.09. The Labute approximate surface area is 113 Å². The van der Waals surface area contributed by atoms with Crippen LogP contribution in [0.25, 0.3) is 0 Å². The Morgan fingerprint density at radius 2 is 2.11 bits per heavy atom. The molecule has 2 N–H and O–H groups in total. The lowest BCUT2D eigenvalue weighted by molar-refractivity contribution is 0.104. The maximum Gasteiger partial charge on any atom is 0.137 e. The Balaban J connectivity index is 1.73. The number of ether oxygens (including phenoxy) is 1. The first-order valence-corrected chi connectivity index (χ1v) is 6.48. The molecule has 100 valence electrons. The van der Waals surface area contributed by atoms with Crippen LogP contribution in [0, 0.1) is 11.3 Å². The van der Waals surface area contributed by atoms with Crippen LogP contribution in [0.5, 0.6) is 5.75 Å². The highest BCUT2D eigenvalue weighted by Gasteiger charge is 2.12. The van der Waals surface area contributed by atoms with Crippen LogP contribution < -0.4 is 10.1 Å². The number of nitrogens with zero attached hydrogens (tertiary/aromatic N) is 1. The van der Waals surface area contributed by atoms with Crippen molar-refractivity contribution >= 4 is 0 Å². The van der Waals surface area contributed by atoms with Crippen molar-refractivity contribution in [2.75, 3.05) is 13.2 Å². The van der Waals surface area contributed by atoms with Crippen LogP contribution in [-0.4, -0.2) is 30.4 Å². The number of hydrogen-bond acceptors (Lipinski definition) is 4. The predicted octanol–water partition coefficient (Wildman–Crippen LogP) is 1.61. The quantitative estimate of drug-likeness (QED) is 0.761. The molecule has 0 amide bonds. The summed E-state index contributed by atoms with van der Waals surface area (Å²) in [6, 6.07) is 9.53. The van der Waals surface area contributed by atoms with Gasteiger partial charge in [0.1, 0.15) is 24.5 Å². The van der Waals surface area contributed by atoms with Crippen molar-refractivity contribution in [2.24, 2.45) is 0 Å². The van der Waals surface area contributed by atoms with Gasteiger partial charge in [-0.2, -0.15) is 5.26 Å². The molecule has 1 unspecified atom stereocenters. The molecule has 0 bridgehead atoms. The first kappa shape index (κ1) is 13.6. The first-order valence-electron chi connectivity index (χ1n) is 6.48. The summed E-state index contributed by atoms with van der Waals surface area (Å²) in [6.07, 6.45) is 5.75. The van der Waals surface area contributed by atoms with Crippen LogP contribution >= 0.6 is 0 Å². The molecule has 1 atom stereocenters. The maximum atomic E-state index is 9.84. The van der Waals surface area contributed by atoms with E-state index in [1.54, 1.807) is 18.2 Å². The van der Waals surface area contributed by atoms with Gasteiger partial charge in [0, 0.05) is 12.6 Å². The van der Waals surface area contributed by atoms with Crippen LogP contribution in [0.4, 0.5) is 0 Å². The van der Waals surface area contributed by atoms with E-state index in [-0.39, 0.29) is 6.61 Å². The number of para-hydroxylation sites is 1. The van der Waals surface area contributed by atoms with Crippen molar-refractivity contribution in [1.82, 2.24) is 5.32 Å². The number of hydrogen-bond donors (Lipinski definition) is 2. The normalized spacial score (nSPS) is 16.2. The van der Waals surface area contributed by atoms with Crippen LogP contribution in [0.3, 0.4) is 0 Å². The van der Waals surface area contributed by atoms with E-state index < -0.39 is 6.10 Å². The van der Waals surface area contributed by atoms with Gasteiger partial charge in [0.25, 0.3) is 0 Å². The molecule has 1 aromatic rings. The highest BCUT2D eigenvalue weighted by Crippen LogP contribution is 2.16. The van der Waals surface area contributed by atoms with Crippen molar-refractivity contribution in [2.45, 2.75) is 25.0 Å². The lowest BCUT2D eigenvalue weighted by Gasteiger charge is -2.17. The molecule has 0 aromatic heterocycles. The number of rotatable bonds is 6. The second-order valence-corrected chi connectivity index (χ2v) is 4.62. The van der Waals surface area contributed by atoms with E-state index in [0.717, 1.165) is 12.8 Å². The molecule has 2 rings (SSSR count). The zero-order valence-corrected chi connectivity index (χ0v) is 10.7. The van der Waals surface area contributed by atoms with Crippen LogP contribution in [0.2, 0.25) is 0 Å². The van der Waals surface area contributed by atoms with E-state index in [1.807, 2.05) is 6.07 Å². The number of aliphatic hydroxyl groups is 1. The molecule has 0 saturated heterocycles.